The SMILES string of the molecule is CCC(C)(C#N)C(O)C1CCC(C(C)(C)C)CC1. The molecular weight excluding hydrogens is 222 g/mol. The Morgan fingerprint density at radius 3 is 2.00 bits per heavy atom. The van der Waals surface area contributed by atoms with Crippen LogP contribution in [-0.4, -0.2) is 11.2 Å². The van der Waals surface area contributed by atoms with Gasteiger partial charge in [-0.25, -0.2) is 0 Å². The average molecular weight is 251 g/mol. The molecule has 0 saturated heterocycles. The molecule has 0 aromatic carbocycles. The normalized spacial score (nSPS) is 30.3. The summed E-state index contributed by atoms with van der Waals surface area (Å²) in [6, 6.07) is 2.32. The standard InChI is InChI=1S/C16H29NO/c1-6-16(5,11-17)14(18)12-7-9-13(10-8-12)15(2,3)4/h12-14,18H,6-10H2,1-5H3. The lowest BCUT2D eigenvalue weighted by Crippen LogP contribution is -2.39. The van der Waals surface area contributed by atoms with E-state index in [9.17, 15) is 10.4 Å². The van der Waals surface area contributed by atoms with Crippen molar-refractivity contribution < 1.29 is 5.11 Å². The molecule has 0 aromatic rings. The zero-order valence-corrected chi connectivity index (χ0v) is 12.7. The fraction of sp³-hybridized carbons (Fsp3) is 0.938. The Morgan fingerprint density at radius 2 is 1.67 bits per heavy atom. The minimum Gasteiger partial charge on any atom is -0.391 e. The number of hydrogen-bond acceptors (Lipinski definition) is 2. The van der Waals surface area contributed by atoms with Crippen molar-refractivity contribution in [1.29, 1.82) is 5.26 Å². The smallest absolute Gasteiger partial charge is 0.0804 e. The summed E-state index contributed by atoms with van der Waals surface area (Å²) in [5.74, 6) is 1.07. The van der Waals surface area contributed by atoms with Gasteiger partial charge >= 0.3 is 0 Å². The Balaban J connectivity index is 2.61. The maximum absolute atomic E-state index is 10.5. The Bertz CT molecular complexity index is 304. The molecule has 2 nitrogen and oxygen atoms in total. The van der Waals surface area contributed by atoms with Crippen LogP contribution in [0.15, 0.2) is 0 Å². The van der Waals surface area contributed by atoms with Crippen molar-refractivity contribution in [2.75, 3.05) is 0 Å². The molecule has 1 saturated carbocycles. The van der Waals surface area contributed by atoms with Gasteiger partial charge in [-0.3, -0.25) is 0 Å². The van der Waals surface area contributed by atoms with E-state index in [4.69, 9.17) is 0 Å². The van der Waals surface area contributed by atoms with Crippen molar-refractivity contribution >= 4 is 0 Å². The van der Waals surface area contributed by atoms with Gasteiger partial charge in [0.25, 0.3) is 0 Å². The third-order valence-electron chi connectivity index (χ3n) is 5.09. The zero-order valence-electron chi connectivity index (χ0n) is 12.7. The molecule has 18 heavy (non-hydrogen) atoms. The van der Waals surface area contributed by atoms with Crippen molar-refractivity contribution in [2.45, 2.75) is 72.8 Å². The molecule has 104 valence electrons. The highest BCUT2D eigenvalue weighted by atomic mass is 16.3. The average Bonchev–Trinajstić information content (AvgIpc) is 2.36. The fourth-order valence-electron chi connectivity index (χ4n) is 3.18. The van der Waals surface area contributed by atoms with Crippen LogP contribution in [0.1, 0.15) is 66.7 Å². The van der Waals surface area contributed by atoms with E-state index in [0.29, 0.717) is 11.3 Å². The summed E-state index contributed by atoms with van der Waals surface area (Å²) in [4.78, 5) is 0. The van der Waals surface area contributed by atoms with E-state index in [-0.39, 0.29) is 0 Å². The van der Waals surface area contributed by atoms with E-state index in [1.807, 2.05) is 13.8 Å². The lowest BCUT2D eigenvalue weighted by atomic mass is 9.65. The number of rotatable bonds is 3. The molecule has 0 bridgehead atoms. The molecule has 0 spiro atoms. The highest BCUT2D eigenvalue weighted by Gasteiger charge is 2.40. The monoisotopic (exact) mass is 251 g/mol. The zero-order chi connectivity index (χ0) is 14.0. The van der Waals surface area contributed by atoms with Crippen LogP contribution in [0.4, 0.5) is 0 Å². The Kier molecular flexibility index (Phi) is 4.84. The van der Waals surface area contributed by atoms with Crippen LogP contribution < -0.4 is 0 Å². The second-order valence-corrected chi connectivity index (χ2v) is 7.31. The van der Waals surface area contributed by atoms with E-state index < -0.39 is 11.5 Å². The largest absolute Gasteiger partial charge is 0.391 e. The van der Waals surface area contributed by atoms with Crippen LogP contribution in [0.25, 0.3) is 0 Å². The first-order valence-electron chi connectivity index (χ1n) is 7.34. The van der Waals surface area contributed by atoms with E-state index in [1.54, 1.807) is 0 Å². The third-order valence-corrected chi connectivity index (χ3v) is 5.09. The molecule has 0 radical (unpaired) electrons. The van der Waals surface area contributed by atoms with Gasteiger partial charge in [-0.15, -0.1) is 0 Å². The Hall–Kier alpha value is -0.550. The predicted octanol–water partition coefficient (Wildman–Crippen LogP) is 4.14. The van der Waals surface area contributed by atoms with Gasteiger partial charge in [0.2, 0.25) is 0 Å². The quantitative estimate of drug-likeness (QED) is 0.819. The first-order chi connectivity index (χ1) is 8.24. The Labute approximate surface area is 112 Å². The summed E-state index contributed by atoms with van der Waals surface area (Å²) in [6.07, 6.45) is 4.78. The van der Waals surface area contributed by atoms with Crippen LogP contribution in [0.2, 0.25) is 0 Å². The number of aliphatic hydroxyl groups is 1. The van der Waals surface area contributed by atoms with E-state index in [2.05, 4.69) is 26.8 Å². The molecule has 1 aliphatic carbocycles. The van der Waals surface area contributed by atoms with Crippen molar-refractivity contribution in [2.24, 2.45) is 22.7 Å². The molecule has 0 aromatic heterocycles. The number of nitriles is 1. The molecule has 0 aliphatic heterocycles. The van der Waals surface area contributed by atoms with Crippen molar-refractivity contribution in [3.8, 4) is 6.07 Å². The molecule has 1 fully saturated rings. The Morgan fingerprint density at radius 1 is 1.17 bits per heavy atom. The van der Waals surface area contributed by atoms with Crippen molar-refractivity contribution in [1.82, 2.24) is 0 Å². The highest BCUT2D eigenvalue weighted by Crippen LogP contribution is 2.43. The van der Waals surface area contributed by atoms with E-state index in [1.165, 1.54) is 12.8 Å². The molecule has 1 rings (SSSR count). The van der Waals surface area contributed by atoms with Gasteiger partial charge in [0, 0.05) is 0 Å². The maximum Gasteiger partial charge on any atom is 0.0804 e. The lowest BCUT2D eigenvalue weighted by Gasteiger charge is -2.41. The minimum atomic E-state index is -0.570. The van der Waals surface area contributed by atoms with Crippen LogP contribution in [0.3, 0.4) is 0 Å². The maximum atomic E-state index is 10.5. The van der Waals surface area contributed by atoms with E-state index in [0.717, 1.165) is 25.2 Å². The molecule has 1 aliphatic rings. The van der Waals surface area contributed by atoms with E-state index >= 15 is 0 Å². The predicted molar refractivity (Wildman–Crippen MR) is 74.9 cm³/mol. The minimum absolute atomic E-state index is 0.313. The summed E-state index contributed by atoms with van der Waals surface area (Å²) in [5, 5.41) is 19.7. The molecule has 2 heteroatoms. The highest BCUT2D eigenvalue weighted by molar-refractivity contribution is 5.02. The molecule has 2 unspecified atom stereocenters. The van der Waals surface area contributed by atoms with Crippen molar-refractivity contribution in [3.05, 3.63) is 0 Å². The number of hydrogen-bond donors (Lipinski definition) is 1. The van der Waals surface area contributed by atoms with Crippen molar-refractivity contribution in [3.63, 3.8) is 0 Å². The lowest BCUT2D eigenvalue weighted by molar-refractivity contribution is -0.00866. The van der Waals surface area contributed by atoms with Crippen LogP contribution in [0, 0.1) is 34.0 Å². The van der Waals surface area contributed by atoms with Gasteiger partial charge in [0.1, 0.15) is 0 Å². The summed E-state index contributed by atoms with van der Waals surface area (Å²) < 4.78 is 0. The first-order valence-corrected chi connectivity index (χ1v) is 7.34. The van der Waals surface area contributed by atoms with Gasteiger partial charge in [-0.1, -0.05) is 27.7 Å². The number of nitrogens with zero attached hydrogens (tertiary/aromatic N) is 1. The summed E-state index contributed by atoms with van der Waals surface area (Å²) in [5.41, 5.74) is -0.196. The topological polar surface area (TPSA) is 44.0 Å². The molecule has 1 N–H and O–H groups in total. The molecule has 0 heterocycles. The molecular formula is C16H29NO. The van der Waals surface area contributed by atoms with Gasteiger partial charge in [-0.05, 0) is 56.3 Å². The molecule has 2 atom stereocenters. The summed E-state index contributed by atoms with van der Waals surface area (Å²) in [6.45, 7) is 10.8. The van der Waals surface area contributed by atoms with Gasteiger partial charge in [0.05, 0.1) is 17.6 Å². The van der Waals surface area contributed by atoms with Crippen LogP contribution in [-0.2, 0) is 0 Å². The second-order valence-electron chi connectivity index (χ2n) is 7.31. The molecule has 0 amide bonds. The summed E-state index contributed by atoms with van der Waals surface area (Å²) in [7, 11) is 0. The number of aliphatic hydroxyl groups excluding tert-OH is 1. The van der Waals surface area contributed by atoms with Gasteiger partial charge < -0.3 is 5.11 Å². The first kappa shape index (κ1) is 15.5. The fourth-order valence-corrected chi connectivity index (χ4v) is 3.18. The van der Waals surface area contributed by atoms with Crippen LogP contribution in [0.5, 0.6) is 0 Å². The van der Waals surface area contributed by atoms with Gasteiger partial charge in [0.15, 0.2) is 0 Å². The van der Waals surface area contributed by atoms with Crippen LogP contribution >= 0.6 is 0 Å². The summed E-state index contributed by atoms with van der Waals surface area (Å²) >= 11 is 0. The third kappa shape index (κ3) is 3.26. The second kappa shape index (κ2) is 5.61. The van der Waals surface area contributed by atoms with Gasteiger partial charge in [-0.2, -0.15) is 5.26 Å².